The van der Waals surface area contributed by atoms with Crippen molar-refractivity contribution in [2.75, 3.05) is 7.11 Å². The van der Waals surface area contributed by atoms with E-state index in [1.54, 1.807) is 14.2 Å². The number of benzene rings is 1. The molecule has 0 aliphatic heterocycles. The highest BCUT2D eigenvalue weighted by Crippen LogP contribution is 2.20. The minimum Gasteiger partial charge on any atom is -0.496 e. The van der Waals surface area contributed by atoms with Gasteiger partial charge >= 0.3 is 0 Å². The van der Waals surface area contributed by atoms with Crippen LogP contribution in [0.25, 0.3) is 0 Å². The van der Waals surface area contributed by atoms with Crippen molar-refractivity contribution < 1.29 is 9.53 Å². The van der Waals surface area contributed by atoms with Gasteiger partial charge < -0.3 is 10.1 Å². The van der Waals surface area contributed by atoms with E-state index >= 15 is 0 Å². The molecular formula is C13H17N5O2S. The summed E-state index contributed by atoms with van der Waals surface area (Å²) in [6.07, 6.45) is 0. The number of methoxy groups -OCH3 is 1. The van der Waals surface area contributed by atoms with Crippen molar-refractivity contribution in [3.63, 3.8) is 0 Å². The Balaban J connectivity index is 1.91. The number of carbonyl (C=O) groups excluding carboxylic acids is 1. The van der Waals surface area contributed by atoms with Gasteiger partial charge in [-0.05, 0) is 23.4 Å². The van der Waals surface area contributed by atoms with Crippen LogP contribution in [0.3, 0.4) is 0 Å². The fourth-order valence-corrected chi connectivity index (χ4v) is 2.49. The van der Waals surface area contributed by atoms with E-state index in [0.29, 0.717) is 11.7 Å². The Morgan fingerprint density at radius 1 is 1.48 bits per heavy atom. The summed E-state index contributed by atoms with van der Waals surface area (Å²) >= 11 is 1.31. The summed E-state index contributed by atoms with van der Waals surface area (Å²) in [5.41, 5.74) is 0.936. The molecule has 21 heavy (non-hydrogen) atoms. The predicted octanol–water partition coefficient (Wildman–Crippen LogP) is 1.02. The molecule has 2 rings (SSSR count). The van der Waals surface area contributed by atoms with Crippen LogP contribution >= 0.6 is 11.8 Å². The Bertz CT molecular complexity index is 616. The van der Waals surface area contributed by atoms with Gasteiger partial charge in [0.2, 0.25) is 11.1 Å². The Labute approximate surface area is 127 Å². The molecule has 0 saturated carbocycles. The van der Waals surface area contributed by atoms with Crippen LogP contribution in [0.5, 0.6) is 5.75 Å². The van der Waals surface area contributed by atoms with Gasteiger partial charge in [-0.25, -0.2) is 4.68 Å². The smallest absolute Gasteiger partial charge is 0.233 e. The lowest BCUT2D eigenvalue weighted by Gasteiger charge is -2.12. The summed E-state index contributed by atoms with van der Waals surface area (Å²) in [6.45, 7) is 2.24. The number of ether oxygens (including phenoxy) is 1. The van der Waals surface area contributed by atoms with Gasteiger partial charge in [0.25, 0.3) is 0 Å². The standard InChI is InChI=1S/C13H17N5O2S/c1-9(21-13-15-16-17-18(13)2)12(19)14-8-10-6-4-5-7-11(10)20-3/h4-7,9H,8H2,1-3H3,(H,14,19). The number of aromatic nitrogens is 4. The first kappa shape index (κ1) is 15.3. The number of para-hydroxylation sites is 1. The fourth-order valence-electron chi connectivity index (χ4n) is 1.71. The topological polar surface area (TPSA) is 81.9 Å². The Kier molecular flexibility index (Phi) is 5.15. The van der Waals surface area contributed by atoms with Gasteiger partial charge in [-0.2, -0.15) is 0 Å². The van der Waals surface area contributed by atoms with E-state index in [4.69, 9.17) is 4.74 Å². The lowest BCUT2D eigenvalue weighted by Crippen LogP contribution is -2.30. The molecule has 1 N–H and O–H groups in total. The molecule has 112 valence electrons. The number of nitrogens with zero attached hydrogens (tertiary/aromatic N) is 4. The number of thioether (sulfide) groups is 1. The molecule has 8 heteroatoms. The van der Waals surface area contributed by atoms with Gasteiger partial charge in [0.05, 0.1) is 12.4 Å². The number of hydrogen-bond acceptors (Lipinski definition) is 6. The average molecular weight is 307 g/mol. The van der Waals surface area contributed by atoms with Crippen LogP contribution in [0.1, 0.15) is 12.5 Å². The maximum Gasteiger partial charge on any atom is 0.233 e. The van der Waals surface area contributed by atoms with Crippen LogP contribution in [0, 0.1) is 0 Å². The third kappa shape index (κ3) is 3.94. The second-order valence-electron chi connectivity index (χ2n) is 4.37. The van der Waals surface area contributed by atoms with Crippen molar-refractivity contribution in [3.05, 3.63) is 29.8 Å². The minimum absolute atomic E-state index is 0.0751. The van der Waals surface area contributed by atoms with Crippen molar-refractivity contribution in [1.82, 2.24) is 25.5 Å². The lowest BCUT2D eigenvalue weighted by molar-refractivity contribution is -0.120. The summed E-state index contributed by atoms with van der Waals surface area (Å²) in [6, 6.07) is 7.59. The number of rotatable bonds is 6. The summed E-state index contributed by atoms with van der Waals surface area (Å²) in [7, 11) is 3.35. The quantitative estimate of drug-likeness (QED) is 0.802. The van der Waals surface area contributed by atoms with Crippen molar-refractivity contribution >= 4 is 17.7 Å². The van der Waals surface area contributed by atoms with Gasteiger partial charge in [0.1, 0.15) is 5.75 Å². The number of carbonyl (C=O) groups is 1. The van der Waals surface area contributed by atoms with Gasteiger partial charge in [-0.3, -0.25) is 4.79 Å². The third-order valence-electron chi connectivity index (χ3n) is 2.88. The van der Waals surface area contributed by atoms with E-state index < -0.39 is 0 Å². The van der Waals surface area contributed by atoms with Crippen LogP contribution < -0.4 is 10.1 Å². The lowest BCUT2D eigenvalue weighted by atomic mass is 10.2. The zero-order valence-electron chi connectivity index (χ0n) is 12.1. The van der Waals surface area contributed by atoms with E-state index in [0.717, 1.165) is 11.3 Å². The van der Waals surface area contributed by atoms with Crippen LogP contribution in [0.4, 0.5) is 0 Å². The van der Waals surface area contributed by atoms with Crippen molar-refractivity contribution in [2.24, 2.45) is 7.05 Å². The average Bonchev–Trinajstić information content (AvgIpc) is 2.90. The molecule has 1 aromatic carbocycles. The second-order valence-corrected chi connectivity index (χ2v) is 5.68. The van der Waals surface area contributed by atoms with E-state index in [-0.39, 0.29) is 11.2 Å². The molecule has 0 spiro atoms. The SMILES string of the molecule is COc1ccccc1CNC(=O)C(C)Sc1nnnn1C. The summed E-state index contributed by atoms with van der Waals surface area (Å²) in [5.74, 6) is 0.685. The summed E-state index contributed by atoms with van der Waals surface area (Å²) in [5, 5.41) is 14.3. The Morgan fingerprint density at radius 3 is 2.90 bits per heavy atom. The Morgan fingerprint density at radius 2 is 2.24 bits per heavy atom. The van der Waals surface area contributed by atoms with Gasteiger partial charge in [-0.15, -0.1) is 5.10 Å². The van der Waals surface area contributed by atoms with E-state index in [1.807, 2.05) is 31.2 Å². The maximum atomic E-state index is 12.1. The van der Waals surface area contributed by atoms with Crippen molar-refractivity contribution in [3.8, 4) is 5.75 Å². The minimum atomic E-state index is -0.288. The highest BCUT2D eigenvalue weighted by atomic mass is 32.2. The molecule has 1 unspecified atom stereocenters. The molecule has 0 radical (unpaired) electrons. The van der Waals surface area contributed by atoms with Crippen molar-refractivity contribution in [1.29, 1.82) is 0 Å². The zero-order valence-corrected chi connectivity index (χ0v) is 12.9. The molecule has 1 atom stereocenters. The predicted molar refractivity (Wildman–Crippen MR) is 79.0 cm³/mol. The number of nitrogens with one attached hydrogen (secondary N) is 1. The molecule has 0 aliphatic rings. The summed E-state index contributed by atoms with van der Waals surface area (Å²) in [4.78, 5) is 12.1. The molecular weight excluding hydrogens is 290 g/mol. The van der Waals surface area contributed by atoms with Gasteiger partial charge in [0.15, 0.2) is 0 Å². The largest absolute Gasteiger partial charge is 0.496 e. The molecule has 0 aliphatic carbocycles. The number of amides is 1. The molecule has 7 nitrogen and oxygen atoms in total. The highest BCUT2D eigenvalue weighted by Gasteiger charge is 2.17. The number of aryl methyl sites for hydroxylation is 1. The highest BCUT2D eigenvalue weighted by molar-refractivity contribution is 8.00. The molecule has 0 fully saturated rings. The molecule has 1 heterocycles. The first-order chi connectivity index (χ1) is 10.1. The normalized spacial score (nSPS) is 12.0. The van der Waals surface area contributed by atoms with Gasteiger partial charge in [0, 0.05) is 19.2 Å². The van der Waals surface area contributed by atoms with Crippen LogP contribution in [-0.2, 0) is 18.4 Å². The first-order valence-electron chi connectivity index (χ1n) is 6.40. The molecule has 2 aromatic rings. The van der Waals surface area contributed by atoms with Gasteiger partial charge in [-0.1, -0.05) is 30.0 Å². The summed E-state index contributed by atoms with van der Waals surface area (Å²) < 4.78 is 6.79. The van der Waals surface area contributed by atoms with Crippen LogP contribution in [-0.4, -0.2) is 38.5 Å². The van der Waals surface area contributed by atoms with Crippen LogP contribution in [0.15, 0.2) is 29.4 Å². The van der Waals surface area contributed by atoms with E-state index in [9.17, 15) is 4.79 Å². The monoisotopic (exact) mass is 307 g/mol. The maximum absolute atomic E-state index is 12.1. The van der Waals surface area contributed by atoms with E-state index in [2.05, 4.69) is 20.8 Å². The number of tetrazole rings is 1. The molecule has 0 saturated heterocycles. The Hall–Kier alpha value is -2.09. The zero-order chi connectivity index (χ0) is 15.2. The second kappa shape index (κ2) is 7.07. The van der Waals surface area contributed by atoms with Crippen molar-refractivity contribution in [2.45, 2.75) is 23.9 Å². The fraction of sp³-hybridized carbons (Fsp3) is 0.385. The van der Waals surface area contributed by atoms with E-state index in [1.165, 1.54) is 16.4 Å². The molecule has 1 aromatic heterocycles. The molecule has 1 amide bonds. The third-order valence-corrected chi connectivity index (χ3v) is 4.00. The number of hydrogen-bond donors (Lipinski definition) is 1. The molecule has 0 bridgehead atoms. The van der Waals surface area contributed by atoms with Crippen LogP contribution in [0.2, 0.25) is 0 Å². The first-order valence-corrected chi connectivity index (χ1v) is 7.28.